The lowest BCUT2D eigenvalue weighted by Crippen LogP contribution is -2.34. The van der Waals surface area contributed by atoms with Crippen molar-refractivity contribution in [2.24, 2.45) is 0 Å². The van der Waals surface area contributed by atoms with Crippen molar-refractivity contribution in [1.29, 1.82) is 0 Å². The highest BCUT2D eigenvalue weighted by molar-refractivity contribution is 6.35. The Hall–Kier alpha value is -3.13. The number of halogens is 2. The molecule has 6 nitrogen and oxygen atoms in total. The van der Waals surface area contributed by atoms with Gasteiger partial charge in [0.15, 0.2) is 0 Å². The quantitative estimate of drug-likeness (QED) is 0.203. The summed E-state index contributed by atoms with van der Waals surface area (Å²) >= 11 is 12.7. The van der Waals surface area contributed by atoms with Crippen LogP contribution in [0.5, 0.6) is 5.75 Å². The maximum atomic E-state index is 6.56. The predicted molar refractivity (Wildman–Crippen MR) is 155 cm³/mol. The molecule has 2 heterocycles. The van der Waals surface area contributed by atoms with E-state index in [1.807, 2.05) is 47.2 Å². The fourth-order valence-corrected chi connectivity index (χ4v) is 5.12. The topological polar surface area (TPSA) is 48.8 Å². The normalized spacial score (nSPS) is 19.2. The SMILES string of the molecule is CN(CC=Cc1ccccc1)Cc1ccc(OC[C@H]2COC(Cn3ccnc3)(c3ccc(Cl)cc3Cl)O2)cc1. The zero-order valence-corrected chi connectivity index (χ0v) is 23.3. The molecule has 0 radical (unpaired) electrons. The van der Waals surface area contributed by atoms with Crippen molar-refractivity contribution in [3.63, 3.8) is 0 Å². The minimum absolute atomic E-state index is 0.275. The zero-order valence-electron chi connectivity index (χ0n) is 21.8. The Morgan fingerprint density at radius 2 is 1.92 bits per heavy atom. The molecular formula is C31H31Cl2N3O3. The lowest BCUT2D eigenvalue weighted by Gasteiger charge is -2.30. The van der Waals surface area contributed by atoms with Gasteiger partial charge in [-0.05, 0) is 42.4 Å². The second-order valence-corrected chi connectivity index (χ2v) is 10.5. The van der Waals surface area contributed by atoms with Crippen LogP contribution in [0.15, 0.2) is 97.6 Å². The molecule has 1 saturated heterocycles. The van der Waals surface area contributed by atoms with Crippen LogP contribution in [0.25, 0.3) is 6.08 Å². The third-order valence-corrected chi connectivity index (χ3v) is 7.04. The zero-order chi connectivity index (χ0) is 27.1. The lowest BCUT2D eigenvalue weighted by molar-refractivity contribution is -0.189. The van der Waals surface area contributed by atoms with Crippen molar-refractivity contribution >= 4 is 29.3 Å². The van der Waals surface area contributed by atoms with Crippen LogP contribution < -0.4 is 4.74 Å². The van der Waals surface area contributed by atoms with Crippen LogP contribution in [-0.2, 0) is 28.4 Å². The van der Waals surface area contributed by atoms with Gasteiger partial charge in [0, 0.05) is 36.1 Å². The van der Waals surface area contributed by atoms with E-state index in [1.165, 1.54) is 11.1 Å². The fraction of sp³-hybridized carbons (Fsp3) is 0.258. The van der Waals surface area contributed by atoms with Crippen molar-refractivity contribution in [2.45, 2.75) is 25.0 Å². The van der Waals surface area contributed by atoms with Crippen LogP contribution in [0.4, 0.5) is 0 Å². The number of benzene rings is 3. The van der Waals surface area contributed by atoms with Crippen molar-refractivity contribution in [2.75, 3.05) is 26.8 Å². The number of ether oxygens (including phenoxy) is 3. The minimum Gasteiger partial charge on any atom is -0.491 e. The summed E-state index contributed by atoms with van der Waals surface area (Å²) in [5.41, 5.74) is 3.14. The number of rotatable bonds is 11. The van der Waals surface area contributed by atoms with E-state index in [9.17, 15) is 0 Å². The van der Waals surface area contributed by atoms with Gasteiger partial charge in [-0.25, -0.2) is 4.98 Å². The molecule has 1 aliphatic heterocycles. The molecule has 8 heteroatoms. The second-order valence-electron chi connectivity index (χ2n) is 9.63. The van der Waals surface area contributed by atoms with Crippen molar-refractivity contribution in [3.8, 4) is 5.75 Å². The van der Waals surface area contributed by atoms with E-state index in [1.54, 1.807) is 24.7 Å². The molecule has 0 saturated carbocycles. The number of imidazole rings is 1. The van der Waals surface area contributed by atoms with Gasteiger partial charge in [0.25, 0.3) is 0 Å². The molecule has 5 rings (SSSR count). The average Bonchev–Trinajstić information content (AvgIpc) is 3.59. The van der Waals surface area contributed by atoms with Gasteiger partial charge in [0.2, 0.25) is 5.79 Å². The lowest BCUT2D eigenvalue weighted by atomic mass is 10.1. The van der Waals surface area contributed by atoms with Gasteiger partial charge >= 0.3 is 0 Å². The molecule has 39 heavy (non-hydrogen) atoms. The summed E-state index contributed by atoms with van der Waals surface area (Å²) in [4.78, 5) is 6.40. The summed E-state index contributed by atoms with van der Waals surface area (Å²) in [5, 5.41) is 1.04. The average molecular weight is 565 g/mol. The first-order valence-corrected chi connectivity index (χ1v) is 13.6. The van der Waals surface area contributed by atoms with E-state index in [0.29, 0.717) is 29.8 Å². The Bertz CT molecular complexity index is 1360. The molecule has 1 fully saturated rings. The maximum Gasteiger partial charge on any atom is 0.215 e. The Balaban J connectivity index is 1.15. The van der Waals surface area contributed by atoms with E-state index in [0.717, 1.165) is 24.4 Å². The molecular weight excluding hydrogens is 533 g/mol. The Morgan fingerprint density at radius 1 is 1.10 bits per heavy atom. The predicted octanol–water partition coefficient (Wildman–Crippen LogP) is 6.68. The standard InChI is InChI=1S/C31H31Cl2N3O3/c1-35(16-5-8-24-6-3-2-4-7-24)19-25-9-12-27(13-10-25)37-20-28-21-38-31(39-28,22-36-17-15-34-23-36)29-14-11-26(32)18-30(29)33/h2-15,17-18,23,28H,16,19-22H2,1H3/t28-,31?/m0/s1. The van der Waals surface area contributed by atoms with Crippen LogP contribution in [-0.4, -0.2) is 47.4 Å². The number of aromatic nitrogens is 2. The maximum absolute atomic E-state index is 6.56. The van der Waals surface area contributed by atoms with E-state index in [4.69, 9.17) is 37.4 Å². The molecule has 0 amide bonds. The highest BCUT2D eigenvalue weighted by Gasteiger charge is 2.45. The van der Waals surface area contributed by atoms with Crippen molar-refractivity contribution < 1.29 is 14.2 Å². The number of likely N-dealkylation sites (N-methyl/N-ethyl adjacent to an activating group) is 1. The molecule has 0 spiro atoms. The van der Waals surface area contributed by atoms with E-state index >= 15 is 0 Å². The van der Waals surface area contributed by atoms with Crippen LogP contribution >= 0.6 is 23.2 Å². The van der Waals surface area contributed by atoms with Gasteiger partial charge in [-0.3, -0.25) is 4.90 Å². The molecule has 1 aliphatic rings. The van der Waals surface area contributed by atoms with E-state index in [2.05, 4.69) is 53.3 Å². The van der Waals surface area contributed by atoms with Crippen molar-refractivity contribution in [3.05, 3.63) is 124 Å². The highest BCUT2D eigenvalue weighted by atomic mass is 35.5. The van der Waals surface area contributed by atoms with E-state index in [-0.39, 0.29) is 6.10 Å². The summed E-state index contributed by atoms with van der Waals surface area (Å²) < 4.78 is 20.7. The smallest absolute Gasteiger partial charge is 0.215 e. The molecule has 0 aliphatic carbocycles. The van der Waals surface area contributed by atoms with Gasteiger partial charge < -0.3 is 18.8 Å². The van der Waals surface area contributed by atoms with Crippen molar-refractivity contribution in [1.82, 2.24) is 14.5 Å². The number of hydrogen-bond donors (Lipinski definition) is 0. The Morgan fingerprint density at radius 3 is 2.67 bits per heavy atom. The van der Waals surface area contributed by atoms with Gasteiger partial charge in [-0.15, -0.1) is 0 Å². The van der Waals surface area contributed by atoms with Crippen LogP contribution in [0.3, 0.4) is 0 Å². The molecule has 0 bridgehead atoms. The molecule has 2 atom stereocenters. The molecule has 3 aromatic carbocycles. The summed E-state index contributed by atoms with van der Waals surface area (Å²) in [6.45, 7) is 2.82. The summed E-state index contributed by atoms with van der Waals surface area (Å²) in [5.74, 6) is -0.287. The molecule has 202 valence electrons. The summed E-state index contributed by atoms with van der Waals surface area (Å²) in [6.07, 6.45) is 9.35. The highest BCUT2D eigenvalue weighted by Crippen LogP contribution is 2.40. The van der Waals surface area contributed by atoms with Crippen LogP contribution in [0.2, 0.25) is 10.0 Å². The van der Waals surface area contributed by atoms with Gasteiger partial charge in [-0.1, -0.05) is 83.9 Å². The third kappa shape index (κ3) is 7.29. The Kier molecular flexibility index (Phi) is 9.02. The monoisotopic (exact) mass is 563 g/mol. The first-order chi connectivity index (χ1) is 19.0. The van der Waals surface area contributed by atoms with Crippen LogP contribution in [0, 0.1) is 0 Å². The van der Waals surface area contributed by atoms with Gasteiger partial charge in [-0.2, -0.15) is 0 Å². The fourth-order valence-electron chi connectivity index (χ4n) is 4.56. The minimum atomic E-state index is -1.07. The van der Waals surface area contributed by atoms with E-state index < -0.39 is 5.79 Å². The Labute approximate surface area is 239 Å². The molecule has 1 aromatic heterocycles. The molecule has 4 aromatic rings. The molecule has 0 N–H and O–H groups in total. The second kappa shape index (κ2) is 12.8. The summed E-state index contributed by atoms with van der Waals surface area (Å²) in [7, 11) is 2.11. The first-order valence-electron chi connectivity index (χ1n) is 12.8. The first kappa shape index (κ1) is 27.4. The molecule has 1 unspecified atom stereocenters. The number of hydrogen-bond acceptors (Lipinski definition) is 5. The van der Waals surface area contributed by atoms with Gasteiger partial charge in [0.1, 0.15) is 18.5 Å². The number of nitrogens with zero attached hydrogens (tertiary/aromatic N) is 3. The van der Waals surface area contributed by atoms with Gasteiger partial charge in [0.05, 0.1) is 24.5 Å². The van der Waals surface area contributed by atoms with Crippen LogP contribution in [0.1, 0.15) is 16.7 Å². The third-order valence-electron chi connectivity index (χ3n) is 6.49. The largest absolute Gasteiger partial charge is 0.491 e. The summed E-state index contributed by atoms with van der Waals surface area (Å²) in [6, 6.07) is 23.8.